The molecule has 0 spiro atoms. The first kappa shape index (κ1) is 16.5. The number of sulfonamides is 1. The van der Waals surface area contributed by atoms with Crippen molar-refractivity contribution in [2.24, 2.45) is 0 Å². The quantitative estimate of drug-likeness (QED) is 0.890. The maximum atomic E-state index is 12.4. The third-order valence-corrected chi connectivity index (χ3v) is 5.05. The fourth-order valence-corrected chi connectivity index (χ4v) is 3.45. The Balaban J connectivity index is 2.10. The number of hydrogen-bond acceptors (Lipinski definition) is 3. The number of hydrogen-bond donors (Lipinski definition) is 1. The van der Waals surface area contributed by atoms with Gasteiger partial charge in [0.05, 0.1) is 12.0 Å². The summed E-state index contributed by atoms with van der Waals surface area (Å²) in [6.45, 7) is 4.18. The molecular weight excluding hydrogens is 298 g/mol. The Labute approximate surface area is 132 Å². The van der Waals surface area contributed by atoms with Crippen LogP contribution in [0.2, 0.25) is 0 Å². The predicted octanol–water partition coefficient (Wildman–Crippen LogP) is 3.09. The van der Waals surface area contributed by atoms with Gasteiger partial charge in [-0.15, -0.1) is 0 Å². The summed E-state index contributed by atoms with van der Waals surface area (Å²) in [5, 5.41) is 0. The minimum atomic E-state index is -3.52. The molecule has 1 N–H and O–H groups in total. The summed E-state index contributed by atoms with van der Waals surface area (Å²) in [6, 6.07) is 14.7. The zero-order valence-electron chi connectivity index (χ0n) is 13.0. The molecule has 0 radical (unpaired) electrons. The molecule has 0 saturated carbocycles. The summed E-state index contributed by atoms with van der Waals surface area (Å²) in [5.41, 5.74) is 1.90. The Morgan fingerprint density at radius 1 is 1.14 bits per heavy atom. The second-order valence-corrected chi connectivity index (χ2v) is 7.06. The highest BCUT2D eigenvalue weighted by Crippen LogP contribution is 2.21. The van der Waals surface area contributed by atoms with Gasteiger partial charge >= 0.3 is 0 Å². The maximum Gasteiger partial charge on any atom is 0.240 e. The molecule has 0 amide bonds. The van der Waals surface area contributed by atoms with Crippen LogP contribution in [-0.2, 0) is 10.0 Å². The van der Waals surface area contributed by atoms with E-state index in [1.165, 1.54) is 0 Å². The van der Waals surface area contributed by atoms with Crippen LogP contribution in [0.25, 0.3) is 0 Å². The molecule has 1 atom stereocenters. The van der Waals surface area contributed by atoms with Gasteiger partial charge in [-0.1, -0.05) is 37.3 Å². The summed E-state index contributed by atoms with van der Waals surface area (Å²) < 4.78 is 32.6. The molecule has 2 aromatic rings. The van der Waals surface area contributed by atoms with Gasteiger partial charge < -0.3 is 4.74 Å². The topological polar surface area (TPSA) is 55.4 Å². The standard InChI is InChI=1S/C17H21NO3S/c1-13-11-16(9-10-17(13)21-3)22(19,20)18-12-14(2)15-7-5-4-6-8-15/h4-11,14,18H,12H2,1-3H3. The Morgan fingerprint density at radius 2 is 1.82 bits per heavy atom. The molecule has 118 valence electrons. The second kappa shape index (κ2) is 6.94. The first-order chi connectivity index (χ1) is 10.4. The number of ether oxygens (including phenoxy) is 1. The Hall–Kier alpha value is -1.85. The van der Waals surface area contributed by atoms with Gasteiger partial charge in [-0.25, -0.2) is 13.1 Å². The van der Waals surface area contributed by atoms with Crippen molar-refractivity contribution in [3.8, 4) is 5.75 Å². The second-order valence-electron chi connectivity index (χ2n) is 5.30. The highest BCUT2D eigenvalue weighted by molar-refractivity contribution is 7.89. The van der Waals surface area contributed by atoms with E-state index >= 15 is 0 Å². The predicted molar refractivity (Wildman–Crippen MR) is 87.8 cm³/mol. The minimum absolute atomic E-state index is 0.107. The van der Waals surface area contributed by atoms with E-state index in [9.17, 15) is 8.42 Å². The molecule has 1 unspecified atom stereocenters. The molecule has 2 aromatic carbocycles. The first-order valence-corrected chi connectivity index (χ1v) is 8.61. The van der Waals surface area contributed by atoms with Crippen molar-refractivity contribution in [2.75, 3.05) is 13.7 Å². The molecule has 0 saturated heterocycles. The Bertz CT molecular complexity index is 727. The van der Waals surface area contributed by atoms with Crippen LogP contribution in [-0.4, -0.2) is 22.1 Å². The fourth-order valence-electron chi connectivity index (χ4n) is 2.24. The molecule has 0 aliphatic rings. The lowest BCUT2D eigenvalue weighted by molar-refractivity contribution is 0.411. The van der Waals surface area contributed by atoms with Crippen molar-refractivity contribution in [2.45, 2.75) is 24.7 Å². The van der Waals surface area contributed by atoms with E-state index in [4.69, 9.17) is 4.74 Å². The largest absolute Gasteiger partial charge is 0.496 e. The van der Waals surface area contributed by atoms with Gasteiger partial charge in [-0.2, -0.15) is 0 Å². The smallest absolute Gasteiger partial charge is 0.240 e. The highest BCUT2D eigenvalue weighted by Gasteiger charge is 2.17. The van der Waals surface area contributed by atoms with Gasteiger partial charge in [-0.05, 0) is 42.2 Å². The molecule has 0 aliphatic carbocycles. The van der Waals surface area contributed by atoms with Crippen molar-refractivity contribution in [1.29, 1.82) is 0 Å². The number of rotatable bonds is 6. The van der Waals surface area contributed by atoms with E-state index in [1.807, 2.05) is 44.2 Å². The molecule has 0 aromatic heterocycles. The zero-order valence-corrected chi connectivity index (χ0v) is 13.9. The molecule has 2 rings (SSSR count). The SMILES string of the molecule is COc1ccc(S(=O)(=O)NCC(C)c2ccccc2)cc1C. The van der Waals surface area contributed by atoms with Crippen LogP contribution in [0.3, 0.4) is 0 Å². The van der Waals surface area contributed by atoms with Gasteiger partial charge in [0.2, 0.25) is 10.0 Å². The van der Waals surface area contributed by atoms with Crippen molar-refractivity contribution in [3.05, 3.63) is 59.7 Å². The minimum Gasteiger partial charge on any atom is -0.496 e. The first-order valence-electron chi connectivity index (χ1n) is 7.13. The third kappa shape index (κ3) is 3.87. The summed E-state index contributed by atoms with van der Waals surface area (Å²) in [6.07, 6.45) is 0. The lowest BCUT2D eigenvalue weighted by Gasteiger charge is -2.14. The van der Waals surface area contributed by atoms with Crippen molar-refractivity contribution in [1.82, 2.24) is 4.72 Å². The Kier molecular flexibility index (Phi) is 5.21. The van der Waals surface area contributed by atoms with Crippen LogP contribution in [0.4, 0.5) is 0 Å². The monoisotopic (exact) mass is 319 g/mol. The molecule has 5 heteroatoms. The van der Waals surface area contributed by atoms with Gasteiger partial charge in [0.1, 0.15) is 5.75 Å². The van der Waals surface area contributed by atoms with Crippen LogP contribution in [0.5, 0.6) is 5.75 Å². The number of nitrogens with one attached hydrogen (secondary N) is 1. The maximum absolute atomic E-state index is 12.4. The van der Waals surface area contributed by atoms with E-state index in [2.05, 4.69) is 4.72 Å². The molecule has 0 fully saturated rings. The molecule has 0 aliphatic heterocycles. The average molecular weight is 319 g/mol. The average Bonchev–Trinajstić information content (AvgIpc) is 2.53. The molecule has 22 heavy (non-hydrogen) atoms. The van der Waals surface area contributed by atoms with Crippen molar-refractivity contribution >= 4 is 10.0 Å². The van der Waals surface area contributed by atoms with Crippen molar-refractivity contribution < 1.29 is 13.2 Å². The normalized spacial score (nSPS) is 12.9. The summed E-state index contributed by atoms with van der Waals surface area (Å²) in [5.74, 6) is 0.784. The lowest BCUT2D eigenvalue weighted by atomic mass is 10.0. The van der Waals surface area contributed by atoms with Gasteiger partial charge in [0.25, 0.3) is 0 Å². The molecule has 0 bridgehead atoms. The summed E-state index contributed by atoms with van der Waals surface area (Å²) in [7, 11) is -1.95. The van der Waals surface area contributed by atoms with Crippen LogP contribution < -0.4 is 9.46 Å². The molecular formula is C17H21NO3S. The fraction of sp³-hybridized carbons (Fsp3) is 0.294. The van der Waals surface area contributed by atoms with Gasteiger partial charge in [-0.3, -0.25) is 0 Å². The lowest BCUT2D eigenvalue weighted by Crippen LogP contribution is -2.27. The van der Waals surface area contributed by atoms with Gasteiger partial charge in [0, 0.05) is 6.54 Å². The number of aryl methyl sites for hydroxylation is 1. The third-order valence-electron chi connectivity index (χ3n) is 3.62. The van der Waals surface area contributed by atoms with E-state index < -0.39 is 10.0 Å². The molecule has 4 nitrogen and oxygen atoms in total. The van der Waals surface area contributed by atoms with Crippen LogP contribution in [0.15, 0.2) is 53.4 Å². The van der Waals surface area contributed by atoms with Crippen LogP contribution >= 0.6 is 0 Å². The van der Waals surface area contributed by atoms with Crippen molar-refractivity contribution in [3.63, 3.8) is 0 Å². The van der Waals surface area contributed by atoms with Crippen LogP contribution in [0.1, 0.15) is 24.0 Å². The van der Waals surface area contributed by atoms with E-state index in [0.717, 1.165) is 11.1 Å². The Morgan fingerprint density at radius 3 is 2.41 bits per heavy atom. The summed E-state index contributed by atoms with van der Waals surface area (Å²) in [4.78, 5) is 0.256. The molecule has 0 heterocycles. The van der Waals surface area contributed by atoms with E-state index in [0.29, 0.717) is 12.3 Å². The van der Waals surface area contributed by atoms with E-state index in [1.54, 1.807) is 25.3 Å². The highest BCUT2D eigenvalue weighted by atomic mass is 32.2. The zero-order chi connectivity index (χ0) is 16.2. The van der Waals surface area contributed by atoms with Crippen LogP contribution in [0, 0.1) is 6.92 Å². The number of methoxy groups -OCH3 is 1. The number of benzene rings is 2. The summed E-state index contributed by atoms with van der Waals surface area (Å²) >= 11 is 0. The van der Waals surface area contributed by atoms with Gasteiger partial charge in [0.15, 0.2) is 0 Å². The van der Waals surface area contributed by atoms with E-state index in [-0.39, 0.29) is 10.8 Å².